The molecule has 0 atom stereocenters. The number of hydrogen-bond donors (Lipinski definition) is 2. The van der Waals surface area contributed by atoms with Gasteiger partial charge in [0.05, 0.1) is 13.5 Å². The molecule has 2 saturated carbocycles. The minimum atomic E-state index is -0.943. The molecule has 0 aromatic heterocycles. The first-order valence-corrected chi connectivity index (χ1v) is 11.0. The number of methoxy groups -OCH3 is 1. The number of ether oxygens (including phenoxy) is 2. The zero-order valence-electron chi connectivity index (χ0n) is 18.5. The summed E-state index contributed by atoms with van der Waals surface area (Å²) in [6, 6.07) is 0. The summed E-state index contributed by atoms with van der Waals surface area (Å²) in [5.74, 6) is -0.404. The second-order valence-electron chi connectivity index (χ2n) is 9.77. The van der Waals surface area contributed by atoms with Crippen LogP contribution in [-0.4, -0.2) is 42.8 Å². The van der Waals surface area contributed by atoms with Crippen LogP contribution in [-0.2, 0) is 19.1 Å². The first kappa shape index (κ1) is 23.5. The van der Waals surface area contributed by atoms with Crippen LogP contribution in [0.1, 0.15) is 91.4 Å². The lowest BCUT2D eigenvalue weighted by Gasteiger charge is -2.40. The van der Waals surface area contributed by atoms with Crippen LogP contribution in [0.4, 0.5) is 4.79 Å². The highest BCUT2D eigenvalue weighted by atomic mass is 16.6. The third kappa shape index (κ3) is 6.89. The highest BCUT2D eigenvalue weighted by Gasteiger charge is 2.43. The zero-order chi connectivity index (χ0) is 21.5. The Labute approximate surface area is 174 Å². The summed E-state index contributed by atoms with van der Waals surface area (Å²) in [6.07, 6.45) is 8.83. The molecule has 2 aliphatic carbocycles. The minimum Gasteiger partial charge on any atom is -0.469 e. The predicted molar refractivity (Wildman–Crippen MR) is 110 cm³/mol. The van der Waals surface area contributed by atoms with Gasteiger partial charge in [-0.05, 0) is 51.9 Å². The van der Waals surface area contributed by atoms with Crippen LogP contribution in [0.5, 0.6) is 0 Å². The molecule has 0 radical (unpaired) electrons. The second kappa shape index (κ2) is 9.81. The molecule has 0 saturated heterocycles. The van der Waals surface area contributed by atoms with Gasteiger partial charge < -0.3 is 20.1 Å². The van der Waals surface area contributed by atoms with E-state index in [1.54, 1.807) is 20.8 Å². The fraction of sp³-hybridized carbons (Fsp3) is 0.864. The van der Waals surface area contributed by atoms with Gasteiger partial charge in [-0.3, -0.25) is 9.59 Å². The molecule has 29 heavy (non-hydrogen) atoms. The summed E-state index contributed by atoms with van der Waals surface area (Å²) in [7, 11) is 1.40. The molecule has 2 amide bonds. The Morgan fingerprint density at radius 2 is 1.45 bits per heavy atom. The summed E-state index contributed by atoms with van der Waals surface area (Å²) >= 11 is 0. The van der Waals surface area contributed by atoms with Gasteiger partial charge >= 0.3 is 12.1 Å². The van der Waals surface area contributed by atoms with Gasteiger partial charge in [-0.2, -0.15) is 0 Å². The molecule has 0 bridgehead atoms. The van der Waals surface area contributed by atoms with Gasteiger partial charge in [-0.25, -0.2) is 4.79 Å². The Kier molecular flexibility index (Phi) is 7.94. The summed E-state index contributed by atoms with van der Waals surface area (Å²) in [5.41, 5.74) is -1.83. The monoisotopic (exact) mass is 410 g/mol. The lowest BCUT2D eigenvalue weighted by molar-refractivity contribution is -0.144. The van der Waals surface area contributed by atoms with Gasteiger partial charge in [-0.15, -0.1) is 0 Å². The molecule has 7 heteroatoms. The summed E-state index contributed by atoms with van der Waals surface area (Å²) in [6.45, 7) is 5.85. The third-order valence-corrected chi connectivity index (χ3v) is 6.17. The lowest BCUT2D eigenvalue weighted by Crippen LogP contribution is -2.61. The average Bonchev–Trinajstić information content (AvgIpc) is 2.66. The van der Waals surface area contributed by atoms with E-state index in [0.717, 1.165) is 51.4 Å². The van der Waals surface area contributed by atoms with Gasteiger partial charge in [0, 0.05) is 6.54 Å². The summed E-state index contributed by atoms with van der Waals surface area (Å²) < 4.78 is 10.3. The van der Waals surface area contributed by atoms with Crippen LogP contribution in [0.25, 0.3) is 0 Å². The Morgan fingerprint density at radius 3 is 1.97 bits per heavy atom. The Hall–Kier alpha value is -1.79. The van der Waals surface area contributed by atoms with E-state index < -0.39 is 17.2 Å². The maximum atomic E-state index is 13.3. The zero-order valence-corrected chi connectivity index (χ0v) is 18.5. The molecule has 0 aromatic carbocycles. The molecule has 2 fully saturated rings. The molecule has 0 aliphatic heterocycles. The molecule has 0 spiro atoms. The Morgan fingerprint density at radius 1 is 0.897 bits per heavy atom. The Balaban J connectivity index is 2.08. The molecule has 2 N–H and O–H groups in total. The van der Waals surface area contributed by atoms with E-state index in [9.17, 15) is 14.4 Å². The van der Waals surface area contributed by atoms with E-state index in [1.165, 1.54) is 7.11 Å². The van der Waals surface area contributed by atoms with Crippen LogP contribution in [0.2, 0.25) is 0 Å². The Bertz CT molecular complexity index is 585. The van der Waals surface area contributed by atoms with Gasteiger partial charge in [0.1, 0.15) is 11.1 Å². The second-order valence-corrected chi connectivity index (χ2v) is 9.77. The number of amides is 2. The van der Waals surface area contributed by atoms with Gasteiger partial charge in [0.15, 0.2) is 0 Å². The smallest absolute Gasteiger partial charge is 0.408 e. The van der Waals surface area contributed by atoms with Crippen LogP contribution in [0.15, 0.2) is 0 Å². The summed E-state index contributed by atoms with van der Waals surface area (Å²) in [5, 5.41) is 5.96. The number of rotatable bonds is 6. The highest BCUT2D eigenvalue weighted by molar-refractivity contribution is 5.90. The van der Waals surface area contributed by atoms with Crippen LogP contribution in [0.3, 0.4) is 0 Å². The normalized spacial score (nSPS) is 21.0. The minimum absolute atomic E-state index is 0.169. The fourth-order valence-electron chi connectivity index (χ4n) is 4.60. The van der Waals surface area contributed by atoms with Gasteiger partial charge in [-0.1, -0.05) is 38.5 Å². The van der Waals surface area contributed by atoms with Crippen molar-refractivity contribution in [1.29, 1.82) is 0 Å². The first-order chi connectivity index (χ1) is 13.6. The molecular weight excluding hydrogens is 372 g/mol. The number of nitrogens with one attached hydrogen (secondary N) is 2. The number of carbonyl (C=O) groups is 3. The largest absolute Gasteiger partial charge is 0.469 e. The SMILES string of the molecule is COC(=O)CC1(CNC(=O)C2(NC(=O)OC(C)(C)C)CCCCC2)CCCCC1. The lowest BCUT2D eigenvalue weighted by atomic mass is 9.71. The molecule has 2 aliphatic rings. The van der Waals surface area contributed by atoms with E-state index in [2.05, 4.69) is 10.6 Å². The molecular formula is C22H38N2O5. The van der Waals surface area contributed by atoms with Gasteiger partial charge in [0.25, 0.3) is 0 Å². The van der Waals surface area contributed by atoms with E-state index >= 15 is 0 Å². The van der Waals surface area contributed by atoms with Crippen molar-refractivity contribution < 1.29 is 23.9 Å². The predicted octanol–water partition coefficient (Wildman–Crippen LogP) is 3.84. The van der Waals surface area contributed by atoms with E-state index in [4.69, 9.17) is 9.47 Å². The molecule has 0 aromatic rings. The number of alkyl carbamates (subject to hydrolysis) is 1. The first-order valence-electron chi connectivity index (χ1n) is 11.0. The number of carbonyl (C=O) groups excluding carboxylic acids is 3. The van der Waals surface area contributed by atoms with Crippen molar-refractivity contribution in [3.8, 4) is 0 Å². The van der Waals surface area contributed by atoms with E-state index in [-0.39, 0.29) is 17.3 Å². The number of hydrogen-bond acceptors (Lipinski definition) is 5. The van der Waals surface area contributed by atoms with E-state index in [1.807, 2.05) is 0 Å². The van der Waals surface area contributed by atoms with Gasteiger partial charge in [0.2, 0.25) is 5.91 Å². The quantitative estimate of drug-likeness (QED) is 0.649. The van der Waals surface area contributed by atoms with Crippen LogP contribution < -0.4 is 10.6 Å². The van der Waals surface area contributed by atoms with Crippen molar-refractivity contribution in [3.63, 3.8) is 0 Å². The van der Waals surface area contributed by atoms with Crippen molar-refractivity contribution in [1.82, 2.24) is 10.6 Å². The highest BCUT2D eigenvalue weighted by Crippen LogP contribution is 2.39. The van der Waals surface area contributed by atoms with Crippen molar-refractivity contribution >= 4 is 18.0 Å². The molecule has 2 rings (SSSR count). The third-order valence-electron chi connectivity index (χ3n) is 6.17. The van der Waals surface area contributed by atoms with Crippen molar-refractivity contribution in [2.75, 3.05) is 13.7 Å². The summed E-state index contributed by atoms with van der Waals surface area (Å²) in [4.78, 5) is 37.6. The molecule has 0 unspecified atom stereocenters. The van der Waals surface area contributed by atoms with Crippen molar-refractivity contribution in [3.05, 3.63) is 0 Å². The molecule has 7 nitrogen and oxygen atoms in total. The maximum absolute atomic E-state index is 13.3. The average molecular weight is 411 g/mol. The molecule has 166 valence electrons. The maximum Gasteiger partial charge on any atom is 0.408 e. The van der Waals surface area contributed by atoms with E-state index in [0.29, 0.717) is 25.8 Å². The number of esters is 1. The van der Waals surface area contributed by atoms with Crippen molar-refractivity contribution in [2.45, 2.75) is 103 Å². The topological polar surface area (TPSA) is 93.7 Å². The van der Waals surface area contributed by atoms with Crippen molar-refractivity contribution in [2.24, 2.45) is 5.41 Å². The molecule has 0 heterocycles. The standard InChI is InChI=1S/C22H38N2O5/c1-20(2,3)29-19(27)24-22(13-9-6-10-14-22)18(26)23-16-21(15-17(25)28-4)11-7-5-8-12-21/h5-16H2,1-4H3,(H,23,26)(H,24,27). The van der Waals surface area contributed by atoms with Crippen LogP contribution in [0, 0.1) is 5.41 Å². The fourth-order valence-corrected chi connectivity index (χ4v) is 4.60. The van der Waals surface area contributed by atoms with Crippen LogP contribution >= 0.6 is 0 Å².